The number of rotatable bonds is 4. The van der Waals surface area contributed by atoms with E-state index >= 15 is 0 Å². The molecule has 140 valence electrons. The summed E-state index contributed by atoms with van der Waals surface area (Å²) in [6.45, 7) is 0.107. The molecule has 0 atom stereocenters. The summed E-state index contributed by atoms with van der Waals surface area (Å²) < 4.78 is 5.37. The zero-order valence-corrected chi connectivity index (χ0v) is 14.7. The van der Waals surface area contributed by atoms with Crippen molar-refractivity contribution in [3.63, 3.8) is 0 Å². The van der Waals surface area contributed by atoms with Crippen molar-refractivity contribution in [3.05, 3.63) is 88.0 Å². The Balaban J connectivity index is 1.50. The molecule has 0 aliphatic heterocycles. The number of amides is 1. The van der Waals surface area contributed by atoms with Gasteiger partial charge in [-0.1, -0.05) is 54.6 Å². The molecule has 1 aliphatic rings. The molecular weight excluding hydrogens is 360 g/mol. The molecule has 1 aliphatic carbocycles. The van der Waals surface area contributed by atoms with Crippen LogP contribution in [0.1, 0.15) is 17.0 Å². The summed E-state index contributed by atoms with van der Waals surface area (Å²) in [6, 6.07) is 19.8. The van der Waals surface area contributed by atoms with Crippen LogP contribution in [0, 0.1) is 10.1 Å². The minimum Gasteiger partial charge on any atom is -0.501 e. The largest absolute Gasteiger partial charge is 0.501 e. The van der Waals surface area contributed by atoms with Crippen molar-refractivity contribution in [2.24, 2.45) is 0 Å². The summed E-state index contributed by atoms with van der Waals surface area (Å²) in [6.07, 6.45) is -0.794. The third-order valence-corrected chi connectivity index (χ3v) is 4.79. The number of carbonyl (C=O) groups is 1. The molecule has 7 nitrogen and oxygen atoms in total. The summed E-state index contributed by atoms with van der Waals surface area (Å²) in [5.74, 6) is -0.710. The number of hydrogen-bond donors (Lipinski definition) is 2. The molecule has 0 spiro atoms. The van der Waals surface area contributed by atoms with Crippen LogP contribution in [0.4, 0.5) is 16.2 Å². The van der Waals surface area contributed by atoms with Gasteiger partial charge < -0.3 is 9.84 Å². The molecule has 4 rings (SSSR count). The monoisotopic (exact) mass is 376 g/mol. The quantitative estimate of drug-likeness (QED) is 0.392. The van der Waals surface area contributed by atoms with Gasteiger partial charge in [-0.2, -0.15) is 0 Å². The SMILES string of the molecule is O=C(Nc1cccc([N+](=O)[O-])c1O)OCC1c2ccccc2-c2ccccc21. The maximum absolute atomic E-state index is 12.2. The number of nitro groups is 1. The summed E-state index contributed by atoms with van der Waals surface area (Å²) >= 11 is 0. The molecule has 0 heterocycles. The molecule has 28 heavy (non-hydrogen) atoms. The molecular formula is C21H16N2O5. The van der Waals surface area contributed by atoms with E-state index < -0.39 is 22.5 Å². The lowest BCUT2D eigenvalue weighted by atomic mass is 9.98. The van der Waals surface area contributed by atoms with Crippen LogP contribution in [-0.2, 0) is 4.74 Å². The van der Waals surface area contributed by atoms with Crippen LogP contribution in [0.3, 0.4) is 0 Å². The van der Waals surface area contributed by atoms with E-state index in [1.807, 2.05) is 48.5 Å². The molecule has 0 aromatic heterocycles. The summed E-state index contributed by atoms with van der Waals surface area (Å²) in [5, 5.41) is 23.2. The van der Waals surface area contributed by atoms with Gasteiger partial charge in [0.2, 0.25) is 5.75 Å². The van der Waals surface area contributed by atoms with Crippen molar-refractivity contribution in [2.45, 2.75) is 5.92 Å². The van der Waals surface area contributed by atoms with Gasteiger partial charge in [-0.05, 0) is 28.3 Å². The second-order valence-electron chi connectivity index (χ2n) is 6.38. The fourth-order valence-corrected chi connectivity index (χ4v) is 3.52. The number of nitrogens with zero attached hydrogens (tertiary/aromatic N) is 1. The van der Waals surface area contributed by atoms with Crippen LogP contribution >= 0.6 is 0 Å². The number of phenolic OH excluding ortho intramolecular Hbond substituents is 1. The fourth-order valence-electron chi connectivity index (χ4n) is 3.52. The highest BCUT2D eigenvalue weighted by Gasteiger charge is 2.29. The molecule has 0 saturated carbocycles. The minimum atomic E-state index is -0.794. The fraction of sp³-hybridized carbons (Fsp3) is 0.0952. The highest BCUT2D eigenvalue weighted by molar-refractivity contribution is 5.88. The van der Waals surface area contributed by atoms with Gasteiger partial charge in [-0.25, -0.2) is 4.79 Å². The second kappa shape index (κ2) is 7.03. The Morgan fingerprint density at radius 2 is 1.61 bits per heavy atom. The first-order chi connectivity index (χ1) is 13.6. The maximum Gasteiger partial charge on any atom is 0.411 e. The highest BCUT2D eigenvalue weighted by atomic mass is 16.6. The predicted molar refractivity (Wildman–Crippen MR) is 103 cm³/mol. The Bertz CT molecular complexity index is 1030. The molecule has 3 aromatic rings. The number of ether oxygens (including phenoxy) is 1. The Morgan fingerprint density at radius 3 is 2.21 bits per heavy atom. The van der Waals surface area contributed by atoms with Crippen LogP contribution in [0.25, 0.3) is 11.1 Å². The molecule has 0 bridgehead atoms. The molecule has 3 aromatic carbocycles. The first-order valence-electron chi connectivity index (χ1n) is 8.64. The third kappa shape index (κ3) is 3.03. The van der Waals surface area contributed by atoms with Crippen LogP contribution in [-0.4, -0.2) is 22.7 Å². The van der Waals surface area contributed by atoms with Gasteiger partial charge in [0.15, 0.2) is 0 Å². The van der Waals surface area contributed by atoms with Gasteiger partial charge in [0, 0.05) is 12.0 Å². The number of phenols is 1. The number of para-hydroxylation sites is 1. The van der Waals surface area contributed by atoms with Crippen molar-refractivity contribution in [2.75, 3.05) is 11.9 Å². The zero-order valence-electron chi connectivity index (χ0n) is 14.7. The van der Waals surface area contributed by atoms with Crippen molar-refractivity contribution in [3.8, 4) is 16.9 Å². The lowest BCUT2D eigenvalue weighted by Gasteiger charge is -2.15. The summed E-state index contributed by atoms with van der Waals surface area (Å²) in [4.78, 5) is 22.4. The van der Waals surface area contributed by atoms with Gasteiger partial charge in [0.1, 0.15) is 6.61 Å². The van der Waals surface area contributed by atoms with Crippen LogP contribution in [0.2, 0.25) is 0 Å². The van der Waals surface area contributed by atoms with Crippen LogP contribution in [0.5, 0.6) is 5.75 Å². The smallest absolute Gasteiger partial charge is 0.411 e. The molecule has 1 amide bonds. The van der Waals surface area contributed by atoms with Crippen molar-refractivity contribution < 1.29 is 19.6 Å². The number of nitrogens with one attached hydrogen (secondary N) is 1. The average Bonchev–Trinajstić information content (AvgIpc) is 3.02. The van der Waals surface area contributed by atoms with E-state index in [1.165, 1.54) is 12.1 Å². The number of nitro benzene ring substituents is 1. The standard InChI is InChI=1S/C21H16N2O5/c24-20-18(10-5-11-19(20)23(26)27)22-21(25)28-12-17-15-8-3-1-6-13(15)14-7-2-4-9-16(14)17/h1-11,17,24H,12H2,(H,22,25). The van der Waals surface area contributed by atoms with Crippen molar-refractivity contribution >= 4 is 17.5 Å². The lowest BCUT2D eigenvalue weighted by Crippen LogP contribution is -2.18. The Labute approximate surface area is 160 Å². The summed E-state index contributed by atoms with van der Waals surface area (Å²) in [5.41, 5.74) is 3.82. The number of fused-ring (bicyclic) bond motifs is 3. The van der Waals surface area contributed by atoms with Crippen LogP contribution < -0.4 is 5.32 Å². The summed E-state index contributed by atoms with van der Waals surface area (Å²) in [7, 11) is 0. The van der Waals surface area contributed by atoms with Gasteiger partial charge in [0.05, 0.1) is 10.6 Å². The zero-order chi connectivity index (χ0) is 19.7. The predicted octanol–water partition coefficient (Wildman–Crippen LogP) is 4.66. The average molecular weight is 376 g/mol. The minimum absolute atomic E-state index is 0.0774. The Hall–Kier alpha value is -3.87. The van der Waals surface area contributed by atoms with E-state index in [4.69, 9.17) is 4.74 Å². The molecule has 0 radical (unpaired) electrons. The van der Waals surface area contributed by atoms with E-state index in [2.05, 4.69) is 5.32 Å². The Kier molecular flexibility index (Phi) is 4.41. The van der Waals surface area contributed by atoms with Gasteiger partial charge in [-0.3, -0.25) is 15.4 Å². The molecule has 2 N–H and O–H groups in total. The van der Waals surface area contributed by atoms with Gasteiger partial charge >= 0.3 is 11.8 Å². The topological polar surface area (TPSA) is 102 Å². The van der Waals surface area contributed by atoms with E-state index in [9.17, 15) is 20.0 Å². The van der Waals surface area contributed by atoms with E-state index in [-0.39, 0.29) is 18.2 Å². The van der Waals surface area contributed by atoms with E-state index in [0.29, 0.717) is 0 Å². The number of aromatic hydroxyl groups is 1. The third-order valence-electron chi connectivity index (χ3n) is 4.79. The number of benzene rings is 3. The first-order valence-corrected chi connectivity index (χ1v) is 8.64. The molecule has 0 saturated heterocycles. The highest BCUT2D eigenvalue weighted by Crippen LogP contribution is 2.44. The molecule has 7 heteroatoms. The molecule has 0 unspecified atom stereocenters. The Morgan fingerprint density at radius 1 is 1.00 bits per heavy atom. The second-order valence-corrected chi connectivity index (χ2v) is 6.38. The van der Waals surface area contributed by atoms with Crippen LogP contribution in [0.15, 0.2) is 66.7 Å². The lowest BCUT2D eigenvalue weighted by molar-refractivity contribution is -0.385. The number of hydrogen-bond acceptors (Lipinski definition) is 5. The van der Waals surface area contributed by atoms with E-state index in [1.54, 1.807) is 0 Å². The number of carbonyl (C=O) groups excluding carboxylic acids is 1. The van der Waals surface area contributed by atoms with E-state index in [0.717, 1.165) is 28.3 Å². The van der Waals surface area contributed by atoms with Gasteiger partial charge in [-0.15, -0.1) is 0 Å². The van der Waals surface area contributed by atoms with Gasteiger partial charge in [0.25, 0.3) is 0 Å². The van der Waals surface area contributed by atoms with Crippen molar-refractivity contribution in [1.29, 1.82) is 0 Å². The van der Waals surface area contributed by atoms with Crippen molar-refractivity contribution in [1.82, 2.24) is 0 Å². The molecule has 0 fully saturated rings. The first kappa shape index (κ1) is 17.5. The number of anilines is 1. The maximum atomic E-state index is 12.2. The normalized spacial score (nSPS) is 12.1.